The summed E-state index contributed by atoms with van der Waals surface area (Å²) in [5, 5.41) is 57.4. The molecule has 0 aromatic carbocycles. The van der Waals surface area contributed by atoms with Crippen molar-refractivity contribution in [1.29, 1.82) is 0 Å². The van der Waals surface area contributed by atoms with Gasteiger partial charge < -0.3 is 44.8 Å². The predicted octanol–water partition coefficient (Wildman–Crippen LogP) is -2.31. The molecule has 0 amide bonds. The van der Waals surface area contributed by atoms with E-state index in [0.29, 0.717) is 6.42 Å². The molecule has 6 N–H and O–H groups in total. The molecule has 1 saturated heterocycles. The van der Waals surface area contributed by atoms with Crippen molar-refractivity contribution in [3.8, 4) is 0 Å². The van der Waals surface area contributed by atoms with Crippen molar-refractivity contribution in [2.45, 2.75) is 82.5 Å². The maximum atomic E-state index is 9.80. The molecule has 1 rings (SSSR count). The number of hydrogen-bond donors (Lipinski definition) is 6. The van der Waals surface area contributed by atoms with Crippen molar-refractivity contribution in [2.75, 3.05) is 6.61 Å². The summed E-state index contributed by atoms with van der Waals surface area (Å²) in [6.07, 6.45) is -10.2. The Morgan fingerprint density at radius 3 is 2.13 bits per heavy atom. The Bertz CT molecular complexity index is 340. The Kier molecular flexibility index (Phi) is 8.28. The summed E-state index contributed by atoms with van der Waals surface area (Å²) in [5.41, 5.74) is 0. The van der Waals surface area contributed by atoms with E-state index in [1.807, 2.05) is 0 Å². The van der Waals surface area contributed by atoms with E-state index in [1.54, 1.807) is 13.8 Å². The summed E-state index contributed by atoms with van der Waals surface area (Å²) in [5.74, 6) is 0. The molecule has 138 valence electrons. The molecule has 23 heavy (non-hydrogen) atoms. The normalized spacial score (nSPS) is 37.2. The number of aliphatic hydroxyl groups excluding tert-OH is 6. The molecule has 0 bridgehead atoms. The first-order valence-electron chi connectivity index (χ1n) is 7.69. The molecule has 0 saturated carbocycles. The van der Waals surface area contributed by atoms with E-state index in [9.17, 15) is 30.6 Å². The van der Waals surface area contributed by atoms with Crippen LogP contribution in [0.5, 0.6) is 0 Å². The van der Waals surface area contributed by atoms with Gasteiger partial charge in [0, 0.05) is 0 Å². The fourth-order valence-electron chi connectivity index (χ4n) is 2.31. The standard InChI is InChI=1S/C14H28O9/c1-4-8(10(16)6(2)15)22-7(3)21-5-9-11(17)12(18)13(19)14(20)23-9/h6-20H,4-5H2,1-3H3/t6?,7-,8?,9?,10-,11+,12?,13?,14-/m0/s1. The van der Waals surface area contributed by atoms with Crippen molar-refractivity contribution < 1.29 is 44.8 Å². The molecule has 0 aromatic rings. The second-order valence-electron chi connectivity index (χ2n) is 5.75. The lowest BCUT2D eigenvalue weighted by Crippen LogP contribution is -2.58. The minimum Gasteiger partial charge on any atom is -0.391 e. The third-order valence-electron chi connectivity index (χ3n) is 3.83. The van der Waals surface area contributed by atoms with Gasteiger partial charge in [0.1, 0.15) is 30.5 Å². The van der Waals surface area contributed by atoms with Gasteiger partial charge in [0.15, 0.2) is 12.6 Å². The highest BCUT2D eigenvalue weighted by atomic mass is 16.7. The van der Waals surface area contributed by atoms with Gasteiger partial charge in [0.25, 0.3) is 0 Å². The Labute approximate surface area is 135 Å². The lowest BCUT2D eigenvalue weighted by molar-refractivity contribution is -0.298. The zero-order valence-corrected chi connectivity index (χ0v) is 13.5. The van der Waals surface area contributed by atoms with Crippen LogP contribution >= 0.6 is 0 Å². The van der Waals surface area contributed by atoms with Gasteiger partial charge >= 0.3 is 0 Å². The molecule has 9 nitrogen and oxygen atoms in total. The molecule has 1 aliphatic heterocycles. The topological polar surface area (TPSA) is 149 Å². The minimum atomic E-state index is -1.63. The van der Waals surface area contributed by atoms with E-state index in [1.165, 1.54) is 6.92 Å². The van der Waals surface area contributed by atoms with Crippen molar-refractivity contribution in [3.63, 3.8) is 0 Å². The summed E-state index contributed by atoms with van der Waals surface area (Å²) in [4.78, 5) is 0. The quantitative estimate of drug-likeness (QED) is 0.268. The molecular formula is C14H28O9. The van der Waals surface area contributed by atoms with Crippen LogP contribution in [0.3, 0.4) is 0 Å². The highest BCUT2D eigenvalue weighted by molar-refractivity contribution is 4.88. The zero-order valence-electron chi connectivity index (χ0n) is 13.5. The van der Waals surface area contributed by atoms with Crippen LogP contribution < -0.4 is 0 Å². The molecule has 0 radical (unpaired) electrons. The largest absolute Gasteiger partial charge is 0.391 e. The van der Waals surface area contributed by atoms with Gasteiger partial charge in [-0.3, -0.25) is 0 Å². The summed E-state index contributed by atoms with van der Waals surface area (Å²) >= 11 is 0. The highest BCUT2D eigenvalue weighted by Crippen LogP contribution is 2.21. The van der Waals surface area contributed by atoms with Crippen LogP contribution in [0.4, 0.5) is 0 Å². The van der Waals surface area contributed by atoms with Gasteiger partial charge in [-0.1, -0.05) is 6.92 Å². The lowest BCUT2D eigenvalue weighted by atomic mass is 9.99. The van der Waals surface area contributed by atoms with Crippen LogP contribution in [0.1, 0.15) is 27.2 Å². The molecule has 9 heteroatoms. The minimum absolute atomic E-state index is 0.204. The van der Waals surface area contributed by atoms with Crippen LogP contribution in [-0.4, -0.2) is 92.6 Å². The summed E-state index contributed by atoms with van der Waals surface area (Å²) in [6, 6.07) is 0. The van der Waals surface area contributed by atoms with Crippen molar-refractivity contribution in [1.82, 2.24) is 0 Å². The van der Waals surface area contributed by atoms with E-state index in [4.69, 9.17) is 14.2 Å². The summed E-state index contributed by atoms with van der Waals surface area (Å²) < 4.78 is 15.8. The van der Waals surface area contributed by atoms with Crippen molar-refractivity contribution in [2.24, 2.45) is 0 Å². The maximum Gasteiger partial charge on any atom is 0.184 e. The first-order valence-corrected chi connectivity index (χ1v) is 7.69. The van der Waals surface area contributed by atoms with Crippen LogP contribution in [0.25, 0.3) is 0 Å². The van der Waals surface area contributed by atoms with Crippen LogP contribution in [-0.2, 0) is 14.2 Å². The van der Waals surface area contributed by atoms with Gasteiger partial charge in [-0.25, -0.2) is 0 Å². The van der Waals surface area contributed by atoms with Gasteiger partial charge in [0.2, 0.25) is 0 Å². The van der Waals surface area contributed by atoms with Crippen LogP contribution in [0.2, 0.25) is 0 Å². The first kappa shape index (κ1) is 20.7. The number of hydrogen-bond acceptors (Lipinski definition) is 9. The van der Waals surface area contributed by atoms with Crippen LogP contribution in [0, 0.1) is 0 Å². The molecule has 5 unspecified atom stereocenters. The first-order chi connectivity index (χ1) is 10.7. The molecule has 9 atom stereocenters. The third-order valence-corrected chi connectivity index (χ3v) is 3.83. The molecule has 1 aliphatic rings. The van der Waals surface area contributed by atoms with E-state index in [2.05, 4.69) is 0 Å². The summed E-state index contributed by atoms with van der Waals surface area (Å²) in [7, 11) is 0. The fraction of sp³-hybridized carbons (Fsp3) is 1.00. The van der Waals surface area contributed by atoms with Crippen molar-refractivity contribution in [3.05, 3.63) is 0 Å². The third kappa shape index (κ3) is 5.59. The Morgan fingerprint density at radius 1 is 1.00 bits per heavy atom. The smallest absolute Gasteiger partial charge is 0.184 e. The van der Waals surface area contributed by atoms with Crippen molar-refractivity contribution >= 4 is 0 Å². The average Bonchev–Trinajstić information content (AvgIpc) is 2.51. The molecule has 1 fully saturated rings. The van der Waals surface area contributed by atoms with E-state index < -0.39 is 55.3 Å². The zero-order chi connectivity index (χ0) is 17.7. The Morgan fingerprint density at radius 2 is 1.61 bits per heavy atom. The van der Waals surface area contributed by atoms with Gasteiger partial charge in [-0.05, 0) is 20.3 Å². The fourth-order valence-corrected chi connectivity index (χ4v) is 2.31. The predicted molar refractivity (Wildman–Crippen MR) is 77.2 cm³/mol. The van der Waals surface area contributed by atoms with E-state index >= 15 is 0 Å². The maximum absolute atomic E-state index is 9.80. The monoisotopic (exact) mass is 340 g/mol. The molecule has 1 heterocycles. The number of aliphatic hydroxyl groups is 6. The highest BCUT2D eigenvalue weighted by Gasteiger charge is 2.43. The second-order valence-corrected chi connectivity index (χ2v) is 5.75. The Hall–Kier alpha value is -0.360. The van der Waals surface area contributed by atoms with Crippen LogP contribution in [0.15, 0.2) is 0 Å². The van der Waals surface area contributed by atoms with E-state index in [0.717, 1.165) is 0 Å². The molecular weight excluding hydrogens is 312 g/mol. The molecule has 0 spiro atoms. The second kappa shape index (κ2) is 9.21. The van der Waals surface area contributed by atoms with Gasteiger partial charge in [0.05, 0.1) is 18.8 Å². The number of ether oxygens (including phenoxy) is 3. The summed E-state index contributed by atoms with van der Waals surface area (Å²) in [6.45, 7) is 4.59. The van der Waals surface area contributed by atoms with Gasteiger partial charge in [-0.2, -0.15) is 0 Å². The lowest BCUT2D eigenvalue weighted by Gasteiger charge is -2.38. The van der Waals surface area contributed by atoms with E-state index in [-0.39, 0.29) is 6.61 Å². The average molecular weight is 340 g/mol. The molecule has 0 aromatic heterocycles. The number of rotatable bonds is 8. The Balaban J connectivity index is 2.47. The SMILES string of the molecule is CCC(O[C@@H](C)OCC1O[C@H](O)C(O)C(O)[C@@H]1O)[C@@H](O)C(C)O. The van der Waals surface area contributed by atoms with Gasteiger partial charge in [-0.15, -0.1) is 0 Å². The molecule has 0 aliphatic carbocycles.